The minimum Gasteiger partial charge on any atom is -0.207 e. The SMILES string of the molecule is Fc1ccc(C2CC2CBr)c(Br)c1. The lowest BCUT2D eigenvalue weighted by Crippen LogP contribution is -1.87. The van der Waals surface area contributed by atoms with E-state index in [1.54, 1.807) is 6.07 Å². The van der Waals surface area contributed by atoms with Gasteiger partial charge >= 0.3 is 0 Å². The Hall–Kier alpha value is 0.110. The van der Waals surface area contributed by atoms with Gasteiger partial charge in [-0.1, -0.05) is 37.9 Å². The first-order valence-corrected chi connectivity index (χ1v) is 6.14. The monoisotopic (exact) mass is 306 g/mol. The standard InChI is InChI=1S/C10H9Br2F/c11-5-6-3-9(6)8-2-1-7(13)4-10(8)12/h1-2,4,6,9H,3,5H2. The summed E-state index contributed by atoms with van der Waals surface area (Å²) >= 11 is 6.85. The van der Waals surface area contributed by atoms with Gasteiger partial charge in [0.25, 0.3) is 0 Å². The minimum atomic E-state index is -0.174. The maximum Gasteiger partial charge on any atom is 0.124 e. The maximum absolute atomic E-state index is 12.8. The van der Waals surface area contributed by atoms with Gasteiger partial charge in [-0.15, -0.1) is 0 Å². The highest BCUT2D eigenvalue weighted by atomic mass is 79.9. The highest BCUT2D eigenvalue weighted by molar-refractivity contribution is 9.10. The Balaban J connectivity index is 2.22. The highest BCUT2D eigenvalue weighted by Gasteiger charge is 2.38. The van der Waals surface area contributed by atoms with Crippen LogP contribution in [0, 0.1) is 11.7 Å². The molecule has 13 heavy (non-hydrogen) atoms. The van der Waals surface area contributed by atoms with Crippen molar-refractivity contribution in [3.63, 3.8) is 0 Å². The molecule has 1 aromatic carbocycles. The van der Waals surface area contributed by atoms with E-state index < -0.39 is 0 Å². The van der Waals surface area contributed by atoms with Crippen molar-refractivity contribution in [1.82, 2.24) is 0 Å². The third-order valence-electron chi connectivity index (χ3n) is 2.48. The molecule has 0 spiro atoms. The molecule has 2 unspecified atom stereocenters. The smallest absolute Gasteiger partial charge is 0.124 e. The Labute approximate surface area is 93.8 Å². The van der Waals surface area contributed by atoms with Crippen molar-refractivity contribution in [2.45, 2.75) is 12.3 Å². The van der Waals surface area contributed by atoms with Gasteiger partial charge in [-0.3, -0.25) is 0 Å². The number of halogens is 3. The first-order valence-electron chi connectivity index (χ1n) is 4.23. The molecule has 0 saturated heterocycles. The summed E-state index contributed by atoms with van der Waals surface area (Å²) in [5.41, 5.74) is 1.24. The van der Waals surface area contributed by atoms with E-state index in [1.807, 2.05) is 6.07 Å². The Morgan fingerprint density at radius 2 is 2.23 bits per heavy atom. The Kier molecular flexibility index (Phi) is 2.75. The van der Waals surface area contributed by atoms with Crippen LogP contribution in [-0.4, -0.2) is 5.33 Å². The molecular formula is C10H9Br2F. The predicted molar refractivity (Wildman–Crippen MR) is 58.7 cm³/mol. The molecule has 3 heteroatoms. The van der Waals surface area contributed by atoms with Crippen LogP contribution >= 0.6 is 31.9 Å². The van der Waals surface area contributed by atoms with Crippen LogP contribution in [-0.2, 0) is 0 Å². The van der Waals surface area contributed by atoms with Gasteiger partial charge < -0.3 is 0 Å². The summed E-state index contributed by atoms with van der Waals surface area (Å²) in [4.78, 5) is 0. The Morgan fingerprint density at radius 3 is 2.77 bits per heavy atom. The number of alkyl halides is 1. The van der Waals surface area contributed by atoms with E-state index in [9.17, 15) is 4.39 Å². The van der Waals surface area contributed by atoms with Gasteiger partial charge in [-0.05, 0) is 36.0 Å². The second kappa shape index (κ2) is 3.70. The lowest BCUT2D eigenvalue weighted by Gasteiger charge is -2.02. The van der Waals surface area contributed by atoms with E-state index in [0.29, 0.717) is 5.92 Å². The van der Waals surface area contributed by atoms with Gasteiger partial charge in [0, 0.05) is 9.80 Å². The molecule has 1 fully saturated rings. The molecule has 0 amide bonds. The topological polar surface area (TPSA) is 0 Å². The fraction of sp³-hybridized carbons (Fsp3) is 0.400. The fourth-order valence-corrected chi connectivity index (χ4v) is 2.96. The van der Waals surface area contributed by atoms with Crippen molar-refractivity contribution in [2.24, 2.45) is 5.92 Å². The van der Waals surface area contributed by atoms with Gasteiger partial charge in [0.15, 0.2) is 0 Å². The molecule has 70 valence electrons. The van der Waals surface area contributed by atoms with Crippen LogP contribution in [0.1, 0.15) is 17.9 Å². The molecule has 1 aliphatic carbocycles. The first-order chi connectivity index (χ1) is 6.22. The van der Waals surface area contributed by atoms with Crippen molar-refractivity contribution < 1.29 is 4.39 Å². The summed E-state index contributed by atoms with van der Waals surface area (Å²) in [6, 6.07) is 4.95. The molecule has 0 N–H and O–H groups in total. The maximum atomic E-state index is 12.8. The number of hydrogen-bond donors (Lipinski definition) is 0. The predicted octanol–water partition coefficient (Wildman–Crippen LogP) is 4.09. The largest absolute Gasteiger partial charge is 0.207 e. The average Bonchev–Trinajstić information content (AvgIpc) is 2.83. The van der Waals surface area contributed by atoms with Crippen molar-refractivity contribution in [2.75, 3.05) is 5.33 Å². The quantitative estimate of drug-likeness (QED) is 0.722. The number of benzene rings is 1. The van der Waals surface area contributed by atoms with Gasteiger partial charge in [-0.2, -0.15) is 0 Å². The van der Waals surface area contributed by atoms with E-state index in [2.05, 4.69) is 31.9 Å². The first kappa shape index (κ1) is 9.66. The van der Waals surface area contributed by atoms with Crippen molar-refractivity contribution >= 4 is 31.9 Å². The highest BCUT2D eigenvalue weighted by Crippen LogP contribution is 2.50. The lowest BCUT2D eigenvalue weighted by atomic mass is 10.1. The molecular weight excluding hydrogens is 299 g/mol. The third-order valence-corrected chi connectivity index (χ3v) is 4.00. The van der Waals surface area contributed by atoms with Crippen LogP contribution in [0.25, 0.3) is 0 Å². The molecule has 2 rings (SSSR count). The van der Waals surface area contributed by atoms with Gasteiger partial charge in [0.2, 0.25) is 0 Å². The molecule has 0 nitrogen and oxygen atoms in total. The van der Waals surface area contributed by atoms with Crippen LogP contribution in [0.3, 0.4) is 0 Å². The summed E-state index contributed by atoms with van der Waals surface area (Å²) in [5.74, 6) is 1.18. The molecule has 1 saturated carbocycles. The molecule has 0 aromatic heterocycles. The second-order valence-electron chi connectivity index (χ2n) is 3.42. The second-order valence-corrected chi connectivity index (χ2v) is 4.92. The third kappa shape index (κ3) is 1.96. The zero-order chi connectivity index (χ0) is 9.42. The molecule has 0 radical (unpaired) electrons. The summed E-state index contributed by atoms with van der Waals surface area (Å²) in [6.45, 7) is 0. The summed E-state index contributed by atoms with van der Waals surface area (Å²) in [5, 5.41) is 1.04. The number of rotatable bonds is 2. The summed E-state index contributed by atoms with van der Waals surface area (Å²) < 4.78 is 13.7. The molecule has 2 atom stereocenters. The van der Waals surface area contributed by atoms with Crippen LogP contribution in [0.4, 0.5) is 4.39 Å². The Bertz CT molecular complexity index is 325. The van der Waals surface area contributed by atoms with Crippen molar-refractivity contribution in [3.8, 4) is 0 Å². The average molecular weight is 308 g/mol. The van der Waals surface area contributed by atoms with E-state index in [0.717, 1.165) is 15.7 Å². The molecule has 1 aliphatic rings. The van der Waals surface area contributed by atoms with Crippen LogP contribution in [0.5, 0.6) is 0 Å². The molecule has 0 aliphatic heterocycles. The molecule has 1 aromatic rings. The Morgan fingerprint density at radius 1 is 1.46 bits per heavy atom. The summed E-state index contributed by atoms with van der Waals surface area (Å²) in [6.07, 6.45) is 1.22. The van der Waals surface area contributed by atoms with E-state index in [4.69, 9.17) is 0 Å². The number of hydrogen-bond acceptors (Lipinski definition) is 0. The van der Waals surface area contributed by atoms with Gasteiger partial charge in [0.05, 0.1) is 0 Å². The van der Waals surface area contributed by atoms with Gasteiger partial charge in [0.1, 0.15) is 5.82 Å². The van der Waals surface area contributed by atoms with Crippen molar-refractivity contribution in [1.29, 1.82) is 0 Å². The van der Waals surface area contributed by atoms with Crippen LogP contribution < -0.4 is 0 Å². The van der Waals surface area contributed by atoms with Gasteiger partial charge in [-0.25, -0.2) is 4.39 Å². The molecule has 0 bridgehead atoms. The summed E-state index contributed by atoms with van der Waals surface area (Å²) in [7, 11) is 0. The van der Waals surface area contributed by atoms with Crippen LogP contribution in [0.15, 0.2) is 22.7 Å². The minimum absolute atomic E-state index is 0.174. The van der Waals surface area contributed by atoms with E-state index in [1.165, 1.54) is 18.1 Å². The fourth-order valence-electron chi connectivity index (χ4n) is 1.60. The zero-order valence-corrected chi connectivity index (χ0v) is 10.1. The van der Waals surface area contributed by atoms with Crippen LogP contribution in [0.2, 0.25) is 0 Å². The molecule has 0 heterocycles. The normalized spacial score (nSPS) is 26.1. The lowest BCUT2D eigenvalue weighted by molar-refractivity contribution is 0.626. The van der Waals surface area contributed by atoms with E-state index in [-0.39, 0.29) is 5.82 Å². The van der Waals surface area contributed by atoms with Crippen molar-refractivity contribution in [3.05, 3.63) is 34.1 Å². The van der Waals surface area contributed by atoms with E-state index >= 15 is 0 Å². The zero-order valence-electron chi connectivity index (χ0n) is 6.93.